The topological polar surface area (TPSA) is 43.4 Å². The van der Waals surface area contributed by atoms with Crippen LogP contribution in [0.15, 0.2) is 24.3 Å². The molecule has 0 fully saturated rings. The smallest absolute Gasteiger partial charge is 0.308 e. The number of hydrogen-bond acceptors (Lipinski definition) is 3. The molecule has 0 saturated heterocycles. The van der Waals surface area contributed by atoms with Gasteiger partial charge in [0.2, 0.25) is 3.49 Å². The zero-order valence-corrected chi connectivity index (χ0v) is 14.3. The number of halogens is 3. The van der Waals surface area contributed by atoms with Crippen molar-refractivity contribution in [2.75, 3.05) is 6.61 Å². The molecule has 3 nitrogen and oxygen atoms in total. The van der Waals surface area contributed by atoms with Crippen molar-refractivity contribution in [1.82, 2.24) is 0 Å². The summed E-state index contributed by atoms with van der Waals surface area (Å²) in [6.07, 6.45) is 0.112. The molecule has 1 aromatic carbocycles. The summed E-state index contributed by atoms with van der Waals surface area (Å²) < 4.78 is 16.7. The molecule has 0 atom stereocenters. The van der Waals surface area contributed by atoms with E-state index >= 15 is 0 Å². The monoisotopic (exact) mass is 408 g/mol. The number of carbonyl (C=O) groups excluding carboxylic acids is 2. The van der Waals surface area contributed by atoms with Gasteiger partial charge in [0, 0.05) is 17.5 Å². The Balaban J connectivity index is 2.54. The molecule has 0 amide bonds. The third-order valence-corrected chi connectivity index (χ3v) is 3.49. The zero-order valence-electron chi connectivity index (χ0n) is 11.2. The number of rotatable bonds is 6. The van der Waals surface area contributed by atoms with E-state index in [0.717, 1.165) is 0 Å². The third-order valence-electron chi connectivity index (χ3n) is 2.58. The summed E-state index contributed by atoms with van der Waals surface area (Å²) in [4.78, 5) is 23.1. The summed E-state index contributed by atoms with van der Waals surface area (Å²) in [5.74, 6) is -0.685. The summed E-state index contributed by atoms with van der Waals surface area (Å²) in [6.45, 7) is 3.51. The Hall–Kier alpha value is -0.750. The molecule has 0 aliphatic heterocycles. The molecule has 1 rings (SSSR count). The lowest BCUT2D eigenvalue weighted by Gasteiger charge is -2.11. The lowest BCUT2D eigenvalue weighted by molar-refractivity contribution is -0.147. The molecule has 20 heavy (non-hydrogen) atoms. The minimum atomic E-state index is -1.80. The van der Waals surface area contributed by atoms with Crippen LogP contribution < -0.4 is 0 Å². The highest BCUT2D eigenvalue weighted by atomic mass is 79.9. The molecule has 0 unspecified atom stereocenters. The van der Waals surface area contributed by atoms with Crippen molar-refractivity contribution in [2.45, 2.75) is 23.8 Å². The fraction of sp³-hybridized carbons (Fsp3) is 0.429. The van der Waals surface area contributed by atoms with Crippen LogP contribution >= 0.6 is 31.9 Å². The van der Waals surface area contributed by atoms with Gasteiger partial charge in [-0.3, -0.25) is 9.59 Å². The highest BCUT2D eigenvalue weighted by molar-refractivity contribution is 9.24. The molecule has 0 heterocycles. The van der Waals surface area contributed by atoms with E-state index in [0.29, 0.717) is 11.1 Å². The molecule has 0 aliphatic carbocycles. The number of hydrogen-bond donors (Lipinski definition) is 0. The number of Topliss-reactive ketones (excluding diaryl/α,β-unsaturated/α-hetero) is 1. The molecule has 0 saturated carbocycles. The minimum absolute atomic E-state index is 0.0571. The Morgan fingerprint density at radius 2 is 1.80 bits per heavy atom. The van der Waals surface area contributed by atoms with Gasteiger partial charge in [-0.15, -0.1) is 0 Å². The first-order valence-corrected chi connectivity index (χ1v) is 7.67. The highest BCUT2D eigenvalue weighted by Gasteiger charge is 2.23. The number of carbonyl (C=O) groups is 2. The van der Waals surface area contributed by atoms with Crippen LogP contribution in [0.4, 0.5) is 4.39 Å². The molecule has 1 aromatic rings. The predicted molar refractivity (Wildman–Crippen MR) is 81.8 cm³/mol. The quantitative estimate of drug-likeness (QED) is 0.399. The SMILES string of the molecule is CC(C)C(=O)OCCC(=O)c1ccc(C(F)(Br)Br)cc1. The summed E-state index contributed by atoms with van der Waals surface area (Å²) in [7, 11) is 0. The number of esters is 1. The van der Waals surface area contributed by atoms with Gasteiger partial charge in [0.15, 0.2) is 5.78 Å². The standard InChI is InChI=1S/C14H15Br2FO3/c1-9(2)13(19)20-8-7-12(18)10-3-5-11(6-4-10)14(15,16)17/h3-6,9H,7-8H2,1-2H3. The second-order valence-corrected chi connectivity index (χ2v) is 7.82. The first kappa shape index (κ1) is 17.3. The largest absolute Gasteiger partial charge is 0.465 e. The number of benzene rings is 1. The number of ether oxygens (including phenoxy) is 1. The normalized spacial score (nSPS) is 11.5. The van der Waals surface area contributed by atoms with Crippen LogP contribution in [-0.2, 0) is 13.0 Å². The Morgan fingerprint density at radius 1 is 1.25 bits per heavy atom. The van der Waals surface area contributed by atoms with Crippen LogP contribution in [0.1, 0.15) is 36.2 Å². The first-order chi connectivity index (χ1) is 9.21. The molecule has 6 heteroatoms. The predicted octanol–water partition coefficient (Wildman–Crippen LogP) is 4.33. The second-order valence-electron chi connectivity index (χ2n) is 4.57. The van der Waals surface area contributed by atoms with Gasteiger partial charge < -0.3 is 4.74 Å². The fourth-order valence-electron chi connectivity index (χ4n) is 1.40. The van der Waals surface area contributed by atoms with Crippen molar-refractivity contribution in [1.29, 1.82) is 0 Å². The maximum Gasteiger partial charge on any atom is 0.308 e. The van der Waals surface area contributed by atoms with Crippen molar-refractivity contribution in [3.63, 3.8) is 0 Å². The maximum absolute atomic E-state index is 13.5. The molecule has 0 aromatic heterocycles. The van der Waals surface area contributed by atoms with Crippen molar-refractivity contribution in [2.24, 2.45) is 5.92 Å². The number of alkyl halides is 3. The van der Waals surface area contributed by atoms with Gasteiger partial charge in [-0.2, -0.15) is 0 Å². The van der Waals surface area contributed by atoms with E-state index in [1.807, 2.05) is 0 Å². The molecular formula is C14H15Br2FO3. The maximum atomic E-state index is 13.5. The highest BCUT2D eigenvalue weighted by Crippen LogP contribution is 2.39. The van der Waals surface area contributed by atoms with Gasteiger partial charge in [-0.05, 0) is 31.9 Å². The fourth-order valence-corrected chi connectivity index (χ4v) is 1.93. The van der Waals surface area contributed by atoms with E-state index in [9.17, 15) is 14.0 Å². The first-order valence-electron chi connectivity index (χ1n) is 6.09. The van der Waals surface area contributed by atoms with Gasteiger partial charge in [-0.25, -0.2) is 4.39 Å². The Labute approximate surface area is 134 Å². The Bertz CT molecular complexity index is 478. The number of ketones is 1. The summed E-state index contributed by atoms with van der Waals surface area (Å²) in [5.41, 5.74) is 0.818. The van der Waals surface area contributed by atoms with Gasteiger partial charge in [0.25, 0.3) is 0 Å². The summed E-state index contributed by atoms with van der Waals surface area (Å²) in [6, 6.07) is 6.10. The Morgan fingerprint density at radius 3 is 2.25 bits per heavy atom. The van der Waals surface area contributed by atoms with Crippen LogP contribution in [0.25, 0.3) is 0 Å². The van der Waals surface area contributed by atoms with Gasteiger partial charge >= 0.3 is 5.97 Å². The van der Waals surface area contributed by atoms with E-state index in [-0.39, 0.29) is 30.7 Å². The van der Waals surface area contributed by atoms with E-state index in [4.69, 9.17) is 4.74 Å². The van der Waals surface area contributed by atoms with E-state index in [1.165, 1.54) is 12.1 Å². The van der Waals surface area contributed by atoms with Gasteiger partial charge in [0.1, 0.15) is 0 Å². The third kappa shape index (κ3) is 5.32. The van der Waals surface area contributed by atoms with Gasteiger partial charge in [-0.1, -0.05) is 38.1 Å². The second kappa shape index (κ2) is 7.31. The lowest BCUT2D eigenvalue weighted by atomic mass is 10.1. The van der Waals surface area contributed by atoms with Crippen LogP contribution in [-0.4, -0.2) is 18.4 Å². The van der Waals surface area contributed by atoms with Crippen LogP contribution in [0.3, 0.4) is 0 Å². The average Bonchev–Trinajstić information content (AvgIpc) is 2.37. The molecular weight excluding hydrogens is 395 g/mol. The van der Waals surface area contributed by atoms with Gasteiger partial charge in [0.05, 0.1) is 12.5 Å². The van der Waals surface area contributed by atoms with Crippen LogP contribution in [0, 0.1) is 5.92 Å². The van der Waals surface area contributed by atoms with Crippen LogP contribution in [0.2, 0.25) is 0 Å². The minimum Gasteiger partial charge on any atom is -0.465 e. The van der Waals surface area contributed by atoms with E-state index < -0.39 is 3.49 Å². The van der Waals surface area contributed by atoms with Crippen LogP contribution in [0.5, 0.6) is 0 Å². The summed E-state index contributed by atoms with van der Waals surface area (Å²) in [5, 5.41) is 0. The molecule has 0 aliphatic rings. The lowest BCUT2D eigenvalue weighted by Crippen LogP contribution is -2.14. The molecule has 0 N–H and O–H groups in total. The molecule has 0 spiro atoms. The average molecular weight is 410 g/mol. The van der Waals surface area contributed by atoms with Crippen molar-refractivity contribution in [3.05, 3.63) is 35.4 Å². The van der Waals surface area contributed by atoms with Crippen molar-refractivity contribution in [3.8, 4) is 0 Å². The van der Waals surface area contributed by atoms with Crippen molar-refractivity contribution < 1.29 is 18.7 Å². The Kier molecular flexibility index (Phi) is 6.33. The van der Waals surface area contributed by atoms with Crippen molar-refractivity contribution >= 4 is 43.6 Å². The zero-order chi connectivity index (χ0) is 15.3. The molecule has 0 bridgehead atoms. The molecule has 110 valence electrons. The van der Waals surface area contributed by atoms with E-state index in [2.05, 4.69) is 31.9 Å². The summed E-state index contributed by atoms with van der Waals surface area (Å²) >= 11 is 5.65. The molecule has 0 radical (unpaired) electrons. The van der Waals surface area contributed by atoms with E-state index in [1.54, 1.807) is 26.0 Å².